The van der Waals surface area contributed by atoms with Gasteiger partial charge in [0.1, 0.15) is 4.88 Å². The number of carbonyl (C=O) groups is 2. The van der Waals surface area contributed by atoms with Crippen molar-refractivity contribution in [3.63, 3.8) is 0 Å². The molecule has 18 heavy (non-hydrogen) atoms. The van der Waals surface area contributed by atoms with E-state index < -0.39 is 5.97 Å². The van der Waals surface area contributed by atoms with Gasteiger partial charge in [0.15, 0.2) is 0 Å². The van der Waals surface area contributed by atoms with Crippen molar-refractivity contribution < 1.29 is 14.3 Å². The van der Waals surface area contributed by atoms with Gasteiger partial charge in [-0.25, -0.2) is 4.79 Å². The van der Waals surface area contributed by atoms with Crippen LogP contribution in [0.15, 0.2) is 5.38 Å². The highest BCUT2D eigenvalue weighted by Crippen LogP contribution is 2.28. The molecule has 5 nitrogen and oxygen atoms in total. The van der Waals surface area contributed by atoms with E-state index in [1.54, 1.807) is 0 Å². The van der Waals surface area contributed by atoms with Crippen LogP contribution >= 0.6 is 11.3 Å². The highest BCUT2D eigenvalue weighted by molar-refractivity contribution is 7.12. The molecule has 0 atom stereocenters. The third kappa shape index (κ3) is 3.82. The zero-order chi connectivity index (χ0) is 13.5. The number of ether oxygens (including phenoxy) is 1. The molecule has 1 heterocycles. The van der Waals surface area contributed by atoms with Gasteiger partial charge in [0.25, 0.3) is 0 Å². The number of rotatable bonds is 6. The van der Waals surface area contributed by atoms with E-state index in [0.29, 0.717) is 23.5 Å². The number of methoxy groups -OCH3 is 1. The molecule has 0 radical (unpaired) electrons. The molecule has 1 aromatic rings. The third-order valence-corrected chi connectivity index (χ3v) is 3.47. The number of esters is 1. The Labute approximate surface area is 111 Å². The van der Waals surface area contributed by atoms with Crippen LogP contribution in [0.5, 0.6) is 0 Å². The van der Waals surface area contributed by atoms with Crippen molar-refractivity contribution in [2.75, 3.05) is 25.5 Å². The van der Waals surface area contributed by atoms with Crippen molar-refractivity contribution in [3.05, 3.63) is 15.8 Å². The molecule has 100 valence electrons. The molecule has 1 aromatic heterocycles. The zero-order valence-corrected chi connectivity index (χ0v) is 11.6. The molecular formula is C12H18N2O3S. The number of amides is 1. The number of anilines is 1. The van der Waals surface area contributed by atoms with Gasteiger partial charge >= 0.3 is 5.97 Å². The van der Waals surface area contributed by atoms with Crippen LogP contribution in [0.1, 0.15) is 28.6 Å². The number of thiophene rings is 1. The minimum absolute atomic E-state index is 0.109. The molecule has 1 amide bonds. The Bertz CT molecular complexity index is 429. The first-order valence-corrected chi connectivity index (χ1v) is 6.65. The van der Waals surface area contributed by atoms with Crippen LogP contribution in [0.25, 0.3) is 0 Å². The van der Waals surface area contributed by atoms with Gasteiger partial charge in [-0.05, 0) is 24.4 Å². The van der Waals surface area contributed by atoms with Crippen LogP contribution in [-0.2, 0) is 9.53 Å². The SMILES string of the molecule is CCNCCC(=O)Nc1c(C)csc1C(=O)OC. The first kappa shape index (κ1) is 14.7. The Balaban J connectivity index is 2.68. The number of hydrogen-bond donors (Lipinski definition) is 2. The molecular weight excluding hydrogens is 252 g/mol. The van der Waals surface area contributed by atoms with E-state index in [-0.39, 0.29) is 5.91 Å². The average molecular weight is 270 g/mol. The molecule has 0 aliphatic heterocycles. The first-order valence-electron chi connectivity index (χ1n) is 5.77. The van der Waals surface area contributed by atoms with Gasteiger partial charge in [-0.1, -0.05) is 6.92 Å². The van der Waals surface area contributed by atoms with E-state index >= 15 is 0 Å². The van der Waals surface area contributed by atoms with E-state index in [0.717, 1.165) is 12.1 Å². The van der Waals surface area contributed by atoms with Gasteiger partial charge in [0, 0.05) is 13.0 Å². The van der Waals surface area contributed by atoms with Crippen LogP contribution < -0.4 is 10.6 Å². The topological polar surface area (TPSA) is 67.4 Å². The van der Waals surface area contributed by atoms with Crippen molar-refractivity contribution in [3.8, 4) is 0 Å². The zero-order valence-electron chi connectivity index (χ0n) is 10.8. The fraction of sp³-hybridized carbons (Fsp3) is 0.500. The number of carbonyl (C=O) groups excluding carboxylic acids is 2. The monoisotopic (exact) mass is 270 g/mol. The minimum Gasteiger partial charge on any atom is -0.465 e. The summed E-state index contributed by atoms with van der Waals surface area (Å²) in [6, 6.07) is 0. The van der Waals surface area contributed by atoms with E-state index in [4.69, 9.17) is 0 Å². The standard InChI is InChI=1S/C12H18N2O3S/c1-4-13-6-5-9(15)14-10-8(2)7-18-11(10)12(16)17-3/h7,13H,4-6H2,1-3H3,(H,14,15). The van der Waals surface area contributed by atoms with Crippen LogP contribution in [0, 0.1) is 6.92 Å². The second kappa shape index (κ2) is 7.13. The molecule has 0 bridgehead atoms. The quantitative estimate of drug-likeness (QED) is 0.611. The Hall–Kier alpha value is -1.40. The molecule has 6 heteroatoms. The van der Waals surface area contributed by atoms with Crippen LogP contribution in [0.4, 0.5) is 5.69 Å². The second-order valence-electron chi connectivity index (χ2n) is 3.77. The van der Waals surface area contributed by atoms with E-state index in [2.05, 4.69) is 15.4 Å². The Kier molecular flexibility index (Phi) is 5.80. The molecule has 1 rings (SSSR count). The largest absolute Gasteiger partial charge is 0.465 e. The lowest BCUT2D eigenvalue weighted by molar-refractivity contribution is -0.116. The Morgan fingerprint density at radius 2 is 2.17 bits per heavy atom. The molecule has 0 aliphatic rings. The molecule has 0 unspecified atom stereocenters. The normalized spacial score (nSPS) is 10.2. The fourth-order valence-electron chi connectivity index (χ4n) is 1.42. The van der Waals surface area contributed by atoms with Crippen LogP contribution in [0.2, 0.25) is 0 Å². The summed E-state index contributed by atoms with van der Waals surface area (Å²) >= 11 is 1.27. The summed E-state index contributed by atoms with van der Waals surface area (Å²) in [5.41, 5.74) is 1.44. The molecule has 0 saturated heterocycles. The van der Waals surface area contributed by atoms with Gasteiger partial charge in [-0.15, -0.1) is 11.3 Å². The smallest absolute Gasteiger partial charge is 0.350 e. The van der Waals surface area contributed by atoms with E-state index in [9.17, 15) is 9.59 Å². The third-order valence-electron chi connectivity index (χ3n) is 2.39. The maximum Gasteiger partial charge on any atom is 0.350 e. The molecule has 2 N–H and O–H groups in total. The van der Waals surface area contributed by atoms with Crippen LogP contribution in [-0.4, -0.2) is 32.1 Å². The summed E-state index contributed by atoms with van der Waals surface area (Å²) in [6.07, 6.45) is 0.379. The summed E-state index contributed by atoms with van der Waals surface area (Å²) in [6.45, 7) is 5.29. The lowest BCUT2D eigenvalue weighted by Crippen LogP contribution is -2.22. The number of nitrogens with one attached hydrogen (secondary N) is 2. The van der Waals surface area contributed by atoms with E-state index in [1.165, 1.54) is 18.4 Å². The van der Waals surface area contributed by atoms with Crippen molar-refractivity contribution in [2.24, 2.45) is 0 Å². The maximum absolute atomic E-state index is 11.7. The van der Waals surface area contributed by atoms with Crippen molar-refractivity contribution in [1.82, 2.24) is 5.32 Å². The molecule has 0 aliphatic carbocycles. The highest BCUT2D eigenvalue weighted by atomic mass is 32.1. The molecule has 0 saturated carbocycles. The average Bonchev–Trinajstić information content (AvgIpc) is 2.71. The van der Waals surface area contributed by atoms with Gasteiger partial charge in [0.05, 0.1) is 12.8 Å². The van der Waals surface area contributed by atoms with Gasteiger partial charge in [0.2, 0.25) is 5.91 Å². The lowest BCUT2D eigenvalue weighted by Gasteiger charge is -2.07. The van der Waals surface area contributed by atoms with Gasteiger partial charge < -0.3 is 15.4 Å². The lowest BCUT2D eigenvalue weighted by atomic mass is 10.2. The summed E-state index contributed by atoms with van der Waals surface area (Å²) in [4.78, 5) is 23.7. The predicted octanol–water partition coefficient (Wildman–Crippen LogP) is 1.78. The summed E-state index contributed by atoms with van der Waals surface area (Å²) in [5.74, 6) is -0.530. The van der Waals surface area contributed by atoms with Crippen molar-refractivity contribution in [2.45, 2.75) is 20.3 Å². The van der Waals surface area contributed by atoms with E-state index in [1.807, 2.05) is 19.2 Å². The highest BCUT2D eigenvalue weighted by Gasteiger charge is 2.18. The summed E-state index contributed by atoms with van der Waals surface area (Å²) in [7, 11) is 1.33. The predicted molar refractivity (Wildman–Crippen MR) is 72.2 cm³/mol. The first-order chi connectivity index (χ1) is 8.60. The Morgan fingerprint density at radius 3 is 2.78 bits per heavy atom. The molecule has 0 fully saturated rings. The minimum atomic E-state index is -0.421. The Morgan fingerprint density at radius 1 is 1.44 bits per heavy atom. The molecule has 0 spiro atoms. The van der Waals surface area contributed by atoms with Crippen molar-refractivity contribution in [1.29, 1.82) is 0 Å². The number of aryl methyl sites for hydroxylation is 1. The maximum atomic E-state index is 11.7. The summed E-state index contributed by atoms with van der Waals surface area (Å²) < 4.78 is 4.68. The van der Waals surface area contributed by atoms with Crippen molar-refractivity contribution >= 4 is 28.9 Å². The molecule has 0 aromatic carbocycles. The summed E-state index contributed by atoms with van der Waals surface area (Å²) in [5, 5.41) is 7.66. The number of hydrogen-bond acceptors (Lipinski definition) is 5. The van der Waals surface area contributed by atoms with Gasteiger partial charge in [-0.2, -0.15) is 0 Å². The van der Waals surface area contributed by atoms with Gasteiger partial charge in [-0.3, -0.25) is 4.79 Å². The van der Waals surface area contributed by atoms with Crippen LogP contribution in [0.3, 0.4) is 0 Å². The fourth-order valence-corrected chi connectivity index (χ4v) is 2.34. The second-order valence-corrected chi connectivity index (χ2v) is 4.65.